The number of halogens is 2. The second kappa shape index (κ2) is 8.46. The Hall–Kier alpha value is -2.19. The van der Waals surface area contributed by atoms with E-state index in [0.29, 0.717) is 19.5 Å². The fourth-order valence-electron chi connectivity index (χ4n) is 2.88. The summed E-state index contributed by atoms with van der Waals surface area (Å²) in [5.74, 6) is 0.359. The van der Waals surface area contributed by atoms with E-state index < -0.39 is 13.7 Å². The lowest BCUT2D eigenvalue weighted by molar-refractivity contribution is -0.0514. The molecular weight excluding hydrogens is 343 g/mol. The number of aromatic nitrogens is 1. The zero-order valence-corrected chi connectivity index (χ0v) is 14.4. The van der Waals surface area contributed by atoms with Gasteiger partial charge in [0.1, 0.15) is 0 Å². The second-order valence-electron chi connectivity index (χ2n) is 6.12. The zero-order valence-electron chi connectivity index (χ0n) is 14.4. The van der Waals surface area contributed by atoms with Crippen LogP contribution in [0.4, 0.5) is 8.78 Å². The molecule has 0 bridgehead atoms. The van der Waals surface area contributed by atoms with Gasteiger partial charge in [-0.25, -0.2) is 0 Å². The first kappa shape index (κ1) is 18.6. The summed E-state index contributed by atoms with van der Waals surface area (Å²) < 4.78 is 40.5. The maximum absolute atomic E-state index is 12.6. The predicted octanol–water partition coefficient (Wildman–Crippen LogP) is 3.73. The van der Waals surface area contributed by atoms with E-state index in [1.54, 1.807) is 24.5 Å². The molecule has 3 rings (SSSR count). The Balaban J connectivity index is 1.88. The summed E-state index contributed by atoms with van der Waals surface area (Å²) >= 11 is 0. The molecule has 0 radical (unpaired) electrons. The van der Waals surface area contributed by atoms with Crippen LogP contribution in [-0.4, -0.2) is 37.0 Å². The maximum atomic E-state index is 12.6. The summed E-state index contributed by atoms with van der Waals surface area (Å²) in [5, 5.41) is 9.53. The lowest BCUT2D eigenvalue weighted by Gasteiger charge is -2.14. The molecule has 0 saturated carbocycles. The van der Waals surface area contributed by atoms with E-state index in [1.807, 2.05) is 13.0 Å². The van der Waals surface area contributed by atoms with Gasteiger partial charge in [0.15, 0.2) is 11.5 Å². The first-order valence-corrected chi connectivity index (χ1v) is 8.53. The van der Waals surface area contributed by atoms with Crippen LogP contribution in [0.1, 0.15) is 24.8 Å². The maximum Gasteiger partial charge on any atom is 0.454 e. The van der Waals surface area contributed by atoms with Gasteiger partial charge in [-0.15, -0.1) is 0 Å². The van der Waals surface area contributed by atoms with Crippen LogP contribution in [0.5, 0.6) is 11.5 Å². The molecule has 1 aliphatic rings. The molecule has 0 unspecified atom stereocenters. The fourth-order valence-corrected chi connectivity index (χ4v) is 2.88. The molecule has 0 aliphatic carbocycles. The average molecular weight is 363 g/mol. The summed E-state index contributed by atoms with van der Waals surface area (Å²) in [7, 11) is -0.747. The highest BCUT2D eigenvalue weighted by molar-refractivity contribution is 6.43. The number of alkyl halides is 2. The Morgan fingerprint density at radius 3 is 2.81 bits per heavy atom. The van der Waals surface area contributed by atoms with Crippen molar-refractivity contribution in [3.63, 3.8) is 0 Å². The molecular formula is C18H20BF2NO4. The zero-order chi connectivity index (χ0) is 18.5. The van der Waals surface area contributed by atoms with Crippen LogP contribution < -0.4 is 9.47 Å². The highest BCUT2D eigenvalue weighted by Gasteiger charge is 2.30. The van der Waals surface area contributed by atoms with Crippen molar-refractivity contribution in [3.8, 4) is 22.6 Å². The molecule has 1 aromatic heterocycles. The highest BCUT2D eigenvalue weighted by atomic mass is 19.3. The van der Waals surface area contributed by atoms with Crippen molar-refractivity contribution in [2.24, 2.45) is 0 Å². The van der Waals surface area contributed by atoms with Gasteiger partial charge in [-0.05, 0) is 42.1 Å². The molecule has 1 saturated heterocycles. The van der Waals surface area contributed by atoms with Crippen LogP contribution in [0.3, 0.4) is 0 Å². The molecule has 2 heterocycles. The number of rotatable bonds is 7. The Labute approximate surface area is 151 Å². The quantitative estimate of drug-likeness (QED) is 0.760. The molecule has 2 aromatic rings. The fraction of sp³-hybridized carbons (Fsp3) is 0.389. The van der Waals surface area contributed by atoms with E-state index in [9.17, 15) is 13.8 Å². The Morgan fingerprint density at radius 2 is 2.12 bits per heavy atom. The van der Waals surface area contributed by atoms with E-state index in [2.05, 4.69) is 9.72 Å². The summed E-state index contributed by atoms with van der Waals surface area (Å²) in [6, 6.07) is 6.80. The van der Waals surface area contributed by atoms with Gasteiger partial charge in [0.05, 0.1) is 6.61 Å². The van der Waals surface area contributed by atoms with Crippen molar-refractivity contribution in [3.05, 3.63) is 42.2 Å². The molecule has 1 fully saturated rings. The largest absolute Gasteiger partial charge is 0.490 e. The molecule has 1 atom stereocenters. The first-order chi connectivity index (χ1) is 12.6. The number of hydrogen-bond acceptors (Lipinski definition) is 5. The van der Waals surface area contributed by atoms with Gasteiger partial charge in [0, 0.05) is 30.5 Å². The molecule has 0 spiro atoms. The Kier molecular flexibility index (Phi) is 6.06. The molecule has 5 nitrogen and oxygen atoms in total. The van der Waals surface area contributed by atoms with E-state index in [4.69, 9.17) is 9.39 Å². The van der Waals surface area contributed by atoms with Crippen molar-refractivity contribution in [2.75, 3.05) is 13.2 Å². The van der Waals surface area contributed by atoms with E-state index in [1.165, 1.54) is 6.07 Å². The minimum absolute atomic E-state index is 0.00799. The average Bonchev–Trinajstić information content (AvgIpc) is 3.07. The molecule has 1 N–H and O–H groups in total. The third kappa shape index (κ3) is 4.50. The number of pyridine rings is 1. The molecule has 8 heteroatoms. The lowest BCUT2D eigenvalue weighted by atomic mass is 9.80. The predicted molar refractivity (Wildman–Crippen MR) is 93.6 cm³/mol. The molecule has 0 amide bonds. The van der Waals surface area contributed by atoms with Crippen molar-refractivity contribution < 1.29 is 27.9 Å². The smallest absolute Gasteiger partial charge is 0.454 e. The van der Waals surface area contributed by atoms with Gasteiger partial charge in [-0.2, -0.15) is 8.78 Å². The summed E-state index contributed by atoms with van der Waals surface area (Å²) in [5.41, 5.74) is 2.57. The normalized spacial score (nSPS) is 17.0. The van der Waals surface area contributed by atoms with Crippen LogP contribution in [0.2, 0.25) is 6.32 Å². The molecule has 1 aromatic carbocycles. The number of nitrogens with zero attached hydrogens (tertiary/aromatic N) is 1. The summed E-state index contributed by atoms with van der Waals surface area (Å²) in [4.78, 5) is 4.26. The SMILES string of the molecule is CCCOc1cc(-c2cncc([C@@H]3COB(O)C3)c2)ccc1OC(F)F. The van der Waals surface area contributed by atoms with Crippen LogP contribution in [-0.2, 0) is 4.65 Å². The number of hydrogen-bond donors (Lipinski definition) is 1. The van der Waals surface area contributed by atoms with Gasteiger partial charge in [-0.3, -0.25) is 4.98 Å². The molecule has 1 aliphatic heterocycles. The van der Waals surface area contributed by atoms with E-state index in [0.717, 1.165) is 23.1 Å². The van der Waals surface area contributed by atoms with Gasteiger partial charge in [-0.1, -0.05) is 13.0 Å². The van der Waals surface area contributed by atoms with Gasteiger partial charge in [0.2, 0.25) is 0 Å². The second-order valence-corrected chi connectivity index (χ2v) is 6.12. The van der Waals surface area contributed by atoms with Crippen molar-refractivity contribution in [1.29, 1.82) is 0 Å². The minimum atomic E-state index is -2.91. The van der Waals surface area contributed by atoms with Gasteiger partial charge >= 0.3 is 13.7 Å². The van der Waals surface area contributed by atoms with Crippen LogP contribution in [0, 0.1) is 0 Å². The van der Waals surface area contributed by atoms with Crippen molar-refractivity contribution >= 4 is 7.12 Å². The lowest BCUT2D eigenvalue weighted by Crippen LogP contribution is -2.07. The topological polar surface area (TPSA) is 60.8 Å². The van der Waals surface area contributed by atoms with E-state index in [-0.39, 0.29) is 17.4 Å². The summed E-state index contributed by atoms with van der Waals surface area (Å²) in [6.45, 7) is -0.136. The van der Waals surface area contributed by atoms with Gasteiger partial charge < -0.3 is 19.2 Å². The number of ether oxygens (including phenoxy) is 2. The van der Waals surface area contributed by atoms with Crippen molar-refractivity contribution in [2.45, 2.75) is 32.2 Å². The van der Waals surface area contributed by atoms with Crippen LogP contribution in [0.15, 0.2) is 36.7 Å². The minimum Gasteiger partial charge on any atom is -0.490 e. The van der Waals surface area contributed by atoms with Crippen molar-refractivity contribution in [1.82, 2.24) is 4.98 Å². The monoisotopic (exact) mass is 363 g/mol. The van der Waals surface area contributed by atoms with Gasteiger partial charge in [0.25, 0.3) is 0 Å². The number of benzene rings is 1. The van der Waals surface area contributed by atoms with E-state index >= 15 is 0 Å². The van der Waals surface area contributed by atoms with Crippen LogP contribution >= 0.6 is 0 Å². The molecule has 138 valence electrons. The highest BCUT2D eigenvalue weighted by Crippen LogP contribution is 2.35. The standard InChI is InChI=1S/C18H20BF2NO4/c1-2-5-24-17-7-12(3-4-16(17)26-18(20)21)13-6-14(10-22-9-13)15-8-19(23)25-11-15/h3-4,6-7,9-10,15,18,23H,2,5,8,11H2,1H3/t15-/m0/s1. The molecule has 26 heavy (non-hydrogen) atoms. The first-order valence-electron chi connectivity index (χ1n) is 8.53. The van der Waals surface area contributed by atoms with Crippen LogP contribution in [0.25, 0.3) is 11.1 Å². The Bertz CT molecular complexity index is 747. The third-order valence-electron chi connectivity index (χ3n) is 4.16. The summed E-state index contributed by atoms with van der Waals surface area (Å²) in [6.07, 6.45) is 4.72. The Morgan fingerprint density at radius 1 is 1.27 bits per heavy atom. The third-order valence-corrected chi connectivity index (χ3v) is 4.16.